The Kier molecular flexibility index (Phi) is 3.95. The predicted octanol–water partition coefficient (Wildman–Crippen LogP) is 4.65. The topological polar surface area (TPSA) is 35.2 Å². The molecule has 106 valence electrons. The maximum absolute atomic E-state index is 13.5. The maximum Gasteiger partial charge on any atom is 0.145 e. The van der Waals surface area contributed by atoms with Crippen LogP contribution in [0.25, 0.3) is 0 Å². The molecule has 0 aliphatic heterocycles. The van der Waals surface area contributed by atoms with Gasteiger partial charge in [0.05, 0.1) is 16.8 Å². The van der Waals surface area contributed by atoms with E-state index in [1.807, 2.05) is 0 Å². The molecule has 2 atom stereocenters. The molecule has 1 aliphatic rings. The third kappa shape index (κ3) is 3.53. The first-order valence-corrected chi connectivity index (χ1v) is 7.06. The SMILES string of the molecule is CC1CC(Oc2cc(F)c(Cl)cc2N)CC(C)(C)C1. The van der Waals surface area contributed by atoms with E-state index >= 15 is 0 Å². The van der Waals surface area contributed by atoms with Crippen molar-refractivity contribution in [2.75, 3.05) is 5.73 Å². The van der Waals surface area contributed by atoms with Gasteiger partial charge in [0.25, 0.3) is 0 Å². The molecular formula is C15H21ClFNO. The van der Waals surface area contributed by atoms with Crippen LogP contribution in [0, 0.1) is 17.2 Å². The Bertz CT molecular complexity index is 475. The molecule has 2 unspecified atom stereocenters. The molecule has 0 amide bonds. The lowest BCUT2D eigenvalue weighted by Gasteiger charge is -2.39. The van der Waals surface area contributed by atoms with E-state index in [0.717, 1.165) is 12.8 Å². The quantitative estimate of drug-likeness (QED) is 0.803. The molecular weight excluding hydrogens is 265 g/mol. The average molecular weight is 286 g/mol. The number of ether oxygens (including phenoxy) is 1. The minimum Gasteiger partial charge on any atom is -0.488 e. The fraction of sp³-hybridized carbons (Fsp3) is 0.600. The molecule has 0 aromatic heterocycles. The number of rotatable bonds is 2. The van der Waals surface area contributed by atoms with Gasteiger partial charge in [0.2, 0.25) is 0 Å². The van der Waals surface area contributed by atoms with Gasteiger partial charge in [-0.15, -0.1) is 0 Å². The zero-order valence-electron chi connectivity index (χ0n) is 11.7. The molecule has 2 N–H and O–H groups in total. The summed E-state index contributed by atoms with van der Waals surface area (Å²) in [7, 11) is 0. The van der Waals surface area contributed by atoms with Crippen LogP contribution in [0.1, 0.15) is 40.0 Å². The standard InChI is InChI=1S/C15H21ClFNO/c1-9-4-10(8-15(2,3)7-9)19-14-6-12(17)11(16)5-13(14)18/h5-6,9-10H,4,7-8,18H2,1-3H3. The van der Waals surface area contributed by atoms with Crippen molar-refractivity contribution in [1.29, 1.82) is 0 Å². The highest BCUT2D eigenvalue weighted by Crippen LogP contribution is 2.41. The van der Waals surface area contributed by atoms with E-state index in [-0.39, 0.29) is 16.5 Å². The fourth-order valence-corrected chi connectivity index (χ4v) is 3.35. The van der Waals surface area contributed by atoms with E-state index in [1.165, 1.54) is 18.6 Å². The van der Waals surface area contributed by atoms with Crippen molar-refractivity contribution in [1.82, 2.24) is 0 Å². The smallest absolute Gasteiger partial charge is 0.145 e. The summed E-state index contributed by atoms with van der Waals surface area (Å²) in [5.74, 6) is 0.512. The van der Waals surface area contributed by atoms with Gasteiger partial charge in [-0.05, 0) is 36.7 Å². The Morgan fingerprint density at radius 1 is 1.37 bits per heavy atom. The van der Waals surface area contributed by atoms with E-state index in [4.69, 9.17) is 22.1 Å². The molecule has 2 nitrogen and oxygen atoms in total. The van der Waals surface area contributed by atoms with Gasteiger partial charge in [-0.25, -0.2) is 4.39 Å². The summed E-state index contributed by atoms with van der Waals surface area (Å²) in [4.78, 5) is 0. The van der Waals surface area contributed by atoms with Crippen molar-refractivity contribution in [3.8, 4) is 5.75 Å². The van der Waals surface area contributed by atoms with Crippen LogP contribution in [0.5, 0.6) is 5.75 Å². The second-order valence-electron chi connectivity index (χ2n) is 6.46. The number of halogens is 2. The number of hydrogen-bond acceptors (Lipinski definition) is 2. The predicted molar refractivity (Wildman–Crippen MR) is 77.0 cm³/mol. The summed E-state index contributed by atoms with van der Waals surface area (Å²) in [6, 6.07) is 2.69. The van der Waals surface area contributed by atoms with E-state index in [0.29, 0.717) is 17.4 Å². The largest absolute Gasteiger partial charge is 0.488 e. The Morgan fingerprint density at radius 3 is 2.68 bits per heavy atom. The maximum atomic E-state index is 13.5. The lowest BCUT2D eigenvalue weighted by Crippen LogP contribution is -2.34. The summed E-state index contributed by atoms with van der Waals surface area (Å²) in [6.07, 6.45) is 3.22. The molecule has 0 radical (unpaired) electrons. The third-order valence-corrected chi connectivity index (χ3v) is 3.98. The van der Waals surface area contributed by atoms with Crippen molar-refractivity contribution in [3.63, 3.8) is 0 Å². The average Bonchev–Trinajstić information content (AvgIpc) is 2.22. The van der Waals surface area contributed by atoms with Crippen molar-refractivity contribution < 1.29 is 9.13 Å². The minimum atomic E-state index is -0.492. The van der Waals surface area contributed by atoms with E-state index in [9.17, 15) is 4.39 Å². The molecule has 1 aromatic carbocycles. The first-order valence-electron chi connectivity index (χ1n) is 6.68. The summed E-state index contributed by atoms with van der Waals surface area (Å²) in [6.45, 7) is 6.71. The molecule has 4 heteroatoms. The van der Waals surface area contributed by atoms with Crippen LogP contribution in [0.4, 0.5) is 10.1 Å². The van der Waals surface area contributed by atoms with E-state index in [2.05, 4.69) is 20.8 Å². The first-order chi connectivity index (χ1) is 8.77. The van der Waals surface area contributed by atoms with Crippen LogP contribution in [-0.2, 0) is 0 Å². The molecule has 1 aliphatic carbocycles. The molecule has 19 heavy (non-hydrogen) atoms. The van der Waals surface area contributed by atoms with E-state index < -0.39 is 5.82 Å². The van der Waals surface area contributed by atoms with Gasteiger partial charge < -0.3 is 10.5 Å². The molecule has 0 spiro atoms. The summed E-state index contributed by atoms with van der Waals surface area (Å²) >= 11 is 5.69. The Hall–Kier alpha value is -0.960. The Balaban J connectivity index is 2.15. The Morgan fingerprint density at radius 2 is 2.05 bits per heavy atom. The van der Waals surface area contributed by atoms with Crippen molar-refractivity contribution >= 4 is 17.3 Å². The number of anilines is 1. The summed E-state index contributed by atoms with van der Waals surface area (Å²) in [5, 5.41) is 0.0298. The van der Waals surface area contributed by atoms with Gasteiger partial charge in [0.15, 0.2) is 0 Å². The van der Waals surface area contributed by atoms with Crippen molar-refractivity contribution in [3.05, 3.63) is 23.0 Å². The van der Waals surface area contributed by atoms with Gasteiger partial charge >= 0.3 is 0 Å². The van der Waals surface area contributed by atoms with Gasteiger partial charge in [-0.1, -0.05) is 32.4 Å². The molecule has 2 rings (SSSR count). The van der Waals surface area contributed by atoms with E-state index in [1.54, 1.807) is 0 Å². The Labute approximate surface area is 119 Å². The van der Waals surface area contributed by atoms with Crippen molar-refractivity contribution in [2.24, 2.45) is 11.3 Å². The lowest BCUT2D eigenvalue weighted by molar-refractivity contribution is 0.0565. The van der Waals surface area contributed by atoms with Gasteiger partial charge in [-0.2, -0.15) is 0 Å². The second-order valence-corrected chi connectivity index (χ2v) is 6.86. The van der Waals surface area contributed by atoms with Crippen LogP contribution in [-0.4, -0.2) is 6.10 Å². The molecule has 0 heterocycles. The number of benzene rings is 1. The molecule has 0 saturated heterocycles. The highest BCUT2D eigenvalue weighted by Gasteiger charge is 2.33. The van der Waals surface area contributed by atoms with Gasteiger partial charge in [0.1, 0.15) is 11.6 Å². The molecule has 1 saturated carbocycles. The van der Waals surface area contributed by atoms with Crippen LogP contribution in [0.3, 0.4) is 0 Å². The van der Waals surface area contributed by atoms with Gasteiger partial charge in [-0.3, -0.25) is 0 Å². The highest BCUT2D eigenvalue weighted by molar-refractivity contribution is 6.31. The fourth-order valence-electron chi connectivity index (χ4n) is 3.17. The van der Waals surface area contributed by atoms with Crippen molar-refractivity contribution in [2.45, 2.75) is 46.1 Å². The highest BCUT2D eigenvalue weighted by atomic mass is 35.5. The van der Waals surface area contributed by atoms with Gasteiger partial charge in [0, 0.05) is 6.07 Å². The summed E-state index contributed by atoms with van der Waals surface area (Å²) < 4.78 is 19.4. The second kappa shape index (κ2) is 5.20. The number of nitrogen functional groups attached to an aromatic ring is 1. The molecule has 1 aromatic rings. The normalized spacial score (nSPS) is 26.2. The third-order valence-electron chi connectivity index (χ3n) is 3.69. The number of nitrogens with two attached hydrogens (primary N) is 1. The van der Waals surface area contributed by atoms with Crippen LogP contribution in [0.15, 0.2) is 12.1 Å². The van der Waals surface area contributed by atoms with Crippen LogP contribution >= 0.6 is 11.6 Å². The molecule has 1 fully saturated rings. The number of hydrogen-bond donors (Lipinski definition) is 1. The first kappa shape index (κ1) is 14.4. The lowest BCUT2D eigenvalue weighted by atomic mass is 9.71. The van der Waals surface area contributed by atoms with Crippen LogP contribution in [0.2, 0.25) is 5.02 Å². The summed E-state index contributed by atoms with van der Waals surface area (Å²) in [5.41, 5.74) is 6.48. The monoisotopic (exact) mass is 285 g/mol. The molecule has 0 bridgehead atoms. The minimum absolute atomic E-state index is 0.0298. The van der Waals surface area contributed by atoms with Crippen LogP contribution < -0.4 is 10.5 Å². The zero-order chi connectivity index (χ0) is 14.2. The zero-order valence-corrected chi connectivity index (χ0v) is 12.4.